The number of nitriles is 1. The highest BCUT2D eigenvalue weighted by Crippen LogP contribution is 2.25. The molecule has 0 spiro atoms. The number of aryl methyl sites for hydroxylation is 2. The Morgan fingerprint density at radius 3 is 2.70 bits per heavy atom. The Morgan fingerprint density at radius 1 is 1.15 bits per heavy atom. The Balaban J connectivity index is 1.80. The van der Waals surface area contributed by atoms with Crippen LogP contribution in [0.2, 0.25) is 5.02 Å². The maximum atomic E-state index is 9.12. The molecule has 1 aromatic heterocycles. The van der Waals surface area contributed by atoms with Gasteiger partial charge in [-0.05, 0) is 50.6 Å². The van der Waals surface area contributed by atoms with E-state index in [0.717, 1.165) is 33.8 Å². The van der Waals surface area contributed by atoms with Gasteiger partial charge in [-0.25, -0.2) is 0 Å². The van der Waals surface area contributed by atoms with E-state index < -0.39 is 0 Å². The molecular weight excluding hydrogens is 358 g/mol. The van der Waals surface area contributed by atoms with Crippen LogP contribution in [-0.4, -0.2) is 10.8 Å². The van der Waals surface area contributed by atoms with Crippen molar-refractivity contribution in [2.24, 2.45) is 5.16 Å². The molecule has 0 saturated carbocycles. The SMILES string of the molecule is Cc1ccc(Cl)cc1-n1c(C)cc(/C=N\OCc2ccccc2C#N)c1C. The predicted molar refractivity (Wildman–Crippen MR) is 109 cm³/mol. The van der Waals surface area contributed by atoms with Gasteiger partial charge in [0.15, 0.2) is 0 Å². The maximum Gasteiger partial charge on any atom is 0.143 e. The normalized spacial score (nSPS) is 10.9. The van der Waals surface area contributed by atoms with Crippen LogP contribution in [0.3, 0.4) is 0 Å². The second-order valence-electron chi connectivity index (χ2n) is 6.37. The predicted octanol–water partition coefficient (Wildman–Crippen LogP) is 5.48. The molecule has 4 nitrogen and oxygen atoms in total. The molecule has 0 radical (unpaired) electrons. The number of aromatic nitrogens is 1. The number of oxime groups is 1. The van der Waals surface area contributed by atoms with Crippen molar-refractivity contribution in [3.8, 4) is 11.8 Å². The highest BCUT2D eigenvalue weighted by Gasteiger charge is 2.12. The quantitative estimate of drug-likeness (QED) is 0.436. The van der Waals surface area contributed by atoms with Crippen LogP contribution in [0.1, 0.15) is 33.6 Å². The van der Waals surface area contributed by atoms with Crippen LogP contribution in [0, 0.1) is 32.1 Å². The molecule has 3 aromatic rings. The summed E-state index contributed by atoms with van der Waals surface area (Å²) in [5, 5.41) is 13.9. The Labute approximate surface area is 164 Å². The summed E-state index contributed by atoms with van der Waals surface area (Å²) in [6, 6.07) is 17.4. The average Bonchev–Trinajstić information content (AvgIpc) is 2.94. The summed E-state index contributed by atoms with van der Waals surface area (Å²) in [7, 11) is 0. The van der Waals surface area contributed by atoms with Gasteiger partial charge >= 0.3 is 0 Å². The number of rotatable bonds is 5. The lowest BCUT2D eigenvalue weighted by atomic mass is 10.1. The van der Waals surface area contributed by atoms with Crippen molar-refractivity contribution in [3.63, 3.8) is 0 Å². The van der Waals surface area contributed by atoms with E-state index in [2.05, 4.69) is 35.7 Å². The van der Waals surface area contributed by atoms with E-state index in [1.54, 1.807) is 12.3 Å². The summed E-state index contributed by atoms with van der Waals surface area (Å²) in [6.07, 6.45) is 1.70. The van der Waals surface area contributed by atoms with E-state index in [1.165, 1.54) is 0 Å². The van der Waals surface area contributed by atoms with Gasteiger partial charge in [0, 0.05) is 33.2 Å². The van der Waals surface area contributed by atoms with Crippen molar-refractivity contribution in [1.82, 2.24) is 4.57 Å². The van der Waals surface area contributed by atoms with Crippen molar-refractivity contribution in [3.05, 3.63) is 87.2 Å². The van der Waals surface area contributed by atoms with E-state index in [9.17, 15) is 0 Å². The number of halogens is 1. The highest BCUT2D eigenvalue weighted by atomic mass is 35.5. The number of hydrogen-bond acceptors (Lipinski definition) is 3. The third-order valence-electron chi connectivity index (χ3n) is 4.51. The van der Waals surface area contributed by atoms with E-state index in [0.29, 0.717) is 10.6 Å². The van der Waals surface area contributed by atoms with Crippen molar-refractivity contribution in [2.75, 3.05) is 0 Å². The molecule has 5 heteroatoms. The third kappa shape index (κ3) is 4.05. The minimum Gasteiger partial charge on any atom is -0.391 e. The lowest BCUT2D eigenvalue weighted by Crippen LogP contribution is -2.02. The second-order valence-corrected chi connectivity index (χ2v) is 6.81. The molecular formula is C22H20ClN3O. The fourth-order valence-electron chi connectivity index (χ4n) is 3.07. The zero-order valence-electron chi connectivity index (χ0n) is 15.5. The Morgan fingerprint density at radius 2 is 1.93 bits per heavy atom. The summed E-state index contributed by atoms with van der Waals surface area (Å²) in [5.74, 6) is 0. The summed E-state index contributed by atoms with van der Waals surface area (Å²) >= 11 is 6.18. The maximum absolute atomic E-state index is 9.12. The first-order chi connectivity index (χ1) is 13.0. The van der Waals surface area contributed by atoms with Gasteiger partial charge in [-0.2, -0.15) is 5.26 Å². The first-order valence-corrected chi connectivity index (χ1v) is 8.98. The molecule has 3 rings (SSSR count). The molecule has 0 bridgehead atoms. The van der Waals surface area contributed by atoms with Crippen LogP contribution in [0.5, 0.6) is 0 Å². The van der Waals surface area contributed by atoms with Crippen LogP contribution in [-0.2, 0) is 11.4 Å². The van der Waals surface area contributed by atoms with Crippen LogP contribution in [0.4, 0.5) is 0 Å². The number of nitrogens with zero attached hydrogens (tertiary/aromatic N) is 3. The minimum atomic E-state index is 0.256. The second kappa shape index (κ2) is 8.11. The van der Waals surface area contributed by atoms with Crippen LogP contribution in [0.25, 0.3) is 5.69 Å². The number of benzene rings is 2. The van der Waals surface area contributed by atoms with Gasteiger partial charge < -0.3 is 9.40 Å². The molecule has 0 aliphatic rings. The molecule has 136 valence electrons. The molecule has 0 aliphatic heterocycles. The van der Waals surface area contributed by atoms with E-state index >= 15 is 0 Å². The Bertz CT molecular complexity index is 1040. The van der Waals surface area contributed by atoms with Gasteiger partial charge in [0.2, 0.25) is 0 Å². The van der Waals surface area contributed by atoms with Gasteiger partial charge in [0.25, 0.3) is 0 Å². The fraction of sp³-hybridized carbons (Fsp3) is 0.182. The molecule has 2 aromatic carbocycles. The molecule has 0 atom stereocenters. The van der Waals surface area contributed by atoms with Crippen LogP contribution >= 0.6 is 11.6 Å². The number of hydrogen-bond donors (Lipinski definition) is 0. The van der Waals surface area contributed by atoms with Crippen molar-refractivity contribution in [2.45, 2.75) is 27.4 Å². The fourth-order valence-corrected chi connectivity index (χ4v) is 3.23. The minimum absolute atomic E-state index is 0.256. The zero-order valence-corrected chi connectivity index (χ0v) is 16.3. The smallest absolute Gasteiger partial charge is 0.143 e. The zero-order chi connectivity index (χ0) is 19.4. The lowest BCUT2D eigenvalue weighted by molar-refractivity contribution is 0.132. The highest BCUT2D eigenvalue weighted by molar-refractivity contribution is 6.30. The largest absolute Gasteiger partial charge is 0.391 e. The average molecular weight is 378 g/mol. The summed E-state index contributed by atoms with van der Waals surface area (Å²) in [5.41, 5.74) is 6.74. The first-order valence-electron chi connectivity index (χ1n) is 8.60. The topological polar surface area (TPSA) is 50.3 Å². The monoisotopic (exact) mass is 377 g/mol. The lowest BCUT2D eigenvalue weighted by Gasteiger charge is -2.13. The molecule has 0 amide bonds. The van der Waals surface area contributed by atoms with Crippen LogP contribution < -0.4 is 0 Å². The van der Waals surface area contributed by atoms with Gasteiger partial charge in [-0.1, -0.05) is 41.0 Å². The van der Waals surface area contributed by atoms with Crippen molar-refractivity contribution >= 4 is 17.8 Å². The van der Waals surface area contributed by atoms with E-state index in [1.807, 2.05) is 43.3 Å². The van der Waals surface area contributed by atoms with Crippen molar-refractivity contribution in [1.29, 1.82) is 5.26 Å². The van der Waals surface area contributed by atoms with Gasteiger partial charge in [0.1, 0.15) is 6.61 Å². The summed E-state index contributed by atoms with van der Waals surface area (Å²) in [6.45, 7) is 6.41. The summed E-state index contributed by atoms with van der Waals surface area (Å²) in [4.78, 5) is 5.41. The van der Waals surface area contributed by atoms with E-state index in [-0.39, 0.29) is 6.61 Å². The Kier molecular flexibility index (Phi) is 5.63. The summed E-state index contributed by atoms with van der Waals surface area (Å²) < 4.78 is 2.16. The third-order valence-corrected chi connectivity index (χ3v) is 4.74. The molecule has 0 unspecified atom stereocenters. The van der Waals surface area contributed by atoms with Gasteiger partial charge in [0.05, 0.1) is 17.8 Å². The standard InChI is InChI=1S/C22H20ClN3O/c1-15-8-9-21(23)11-22(15)26-16(2)10-20(17(26)3)13-25-27-14-19-7-5-4-6-18(19)12-24/h4-11,13H,14H2,1-3H3/b25-13-. The van der Waals surface area contributed by atoms with Gasteiger partial charge in [-0.3, -0.25) is 0 Å². The molecule has 0 aliphatic carbocycles. The molecule has 0 saturated heterocycles. The molecule has 0 N–H and O–H groups in total. The first kappa shape index (κ1) is 18.8. The van der Waals surface area contributed by atoms with E-state index in [4.69, 9.17) is 21.7 Å². The molecule has 27 heavy (non-hydrogen) atoms. The molecule has 1 heterocycles. The van der Waals surface area contributed by atoms with Gasteiger partial charge in [-0.15, -0.1) is 0 Å². The van der Waals surface area contributed by atoms with Crippen molar-refractivity contribution < 1.29 is 4.84 Å². The van der Waals surface area contributed by atoms with Crippen LogP contribution in [0.15, 0.2) is 53.7 Å². The molecule has 0 fully saturated rings. The Hall–Kier alpha value is -3.03.